The first-order valence-corrected chi connectivity index (χ1v) is 15.2. The number of amides is 2. The Balaban J connectivity index is 1.69. The zero-order valence-electron chi connectivity index (χ0n) is 20.6. The molecule has 0 bridgehead atoms. The van der Waals surface area contributed by atoms with Gasteiger partial charge >= 0.3 is 0 Å². The van der Waals surface area contributed by atoms with Gasteiger partial charge in [0.05, 0.1) is 11.2 Å². The summed E-state index contributed by atoms with van der Waals surface area (Å²) in [5.74, 6) is -0.824. The predicted molar refractivity (Wildman–Crippen MR) is 139 cm³/mol. The lowest BCUT2D eigenvalue weighted by molar-refractivity contribution is -0.144. The monoisotopic (exact) mass is 558 g/mol. The summed E-state index contributed by atoms with van der Waals surface area (Å²) in [6, 6.07) is 7.69. The number of hydrogen-bond donors (Lipinski definition) is 2. The van der Waals surface area contributed by atoms with E-state index in [0.29, 0.717) is 10.4 Å². The minimum atomic E-state index is -3.99. The van der Waals surface area contributed by atoms with E-state index in [9.17, 15) is 26.4 Å². The van der Waals surface area contributed by atoms with Gasteiger partial charge in [0.1, 0.15) is 12.1 Å². The van der Waals surface area contributed by atoms with Crippen LogP contribution < -0.4 is 9.44 Å². The third kappa shape index (κ3) is 6.74. The molecule has 2 N–H and O–H groups in total. The average molecular weight is 559 g/mol. The van der Waals surface area contributed by atoms with Crippen molar-refractivity contribution in [2.24, 2.45) is 0 Å². The number of carbonyl (C=O) groups excluding carboxylic acids is 2. The van der Waals surface area contributed by atoms with Crippen molar-refractivity contribution in [3.63, 3.8) is 0 Å². The number of carbonyl (C=O) groups is 2. The van der Waals surface area contributed by atoms with Gasteiger partial charge in [0.2, 0.25) is 31.9 Å². The highest BCUT2D eigenvalue weighted by Crippen LogP contribution is 2.24. The maximum absolute atomic E-state index is 13.1. The Bertz CT molecular complexity index is 1360. The van der Waals surface area contributed by atoms with E-state index in [-0.39, 0.29) is 42.9 Å². The van der Waals surface area contributed by atoms with Gasteiger partial charge in [0, 0.05) is 30.7 Å². The van der Waals surface area contributed by atoms with Gasteiger partial charge in [-0.3, -0.25) is 9.59 Å². The lowest BCUT2D eigenvalue weighted by atomic mass is 10.1. The molecular formula is C23H31ClN4O6S2. The van der Waals surface area contributed by atoms with Gasteiger partial charge in [-0.25, -0.2) is 21.6 Å². The molecule has 198 valence electrons. The first-order valence-electron chi connectivity index (χ1n) is 11.5. The summed E-state index contributed by atoms with van der Waals surface area (Å²) in [5, 5.41) is 2.03. The van der Waals surface area contributed by atoms with Gasteiger partial charge in [-0.2, -0.15) is 4.72 Å². The van der Waals surface area contributed by atoms with Gasteiger partial charge in [-0.1, -0.05) is 23.7 Å². The summed E-state index contributed by atoms with van der Waals surface area (Å²) in [6.07, 6.45) is 1.25. The fourth-order valence-corrected chi connectivity index (χ4v) is 6.06. The molecule has 1 saturated heterocycles. The van der Waals surface area contributed by atoms with Crippen LogP contribution in [0.4, 0.5) is 0 Å². The lowest BCUT2D eigenvalue weighted by Gasteiger charge is -2.33. The minimum absolute atomic E-state index is 0.0251. The summed E-state index contributed by atoms with van der Waals surface area (Å²) >= 11 is 5.99. The summed E-state index contributed by atoms with van der Waals surface area (Å²) in [4.78, 5) is 29.1. The maximum Gasteiger partial charge on any atom is 0.245 e. The van der Waals surface area contributed by atoms with Crippen LogP contribution in [-0.2, 0) is 29.6 Å². The van der Waals surface area contributed by atoms with Crippen molar-refractivity contribution in [3.8, 4) is 0 Å². The Hall–Kier alpha value is -2.25. The summed E-state index contributed by atoms with van der Waals surface area (Å²) in [6.45, 7) is 5.58. The molecule has 1 aliphatic heterocycles. The first kappa shape index (κ1) is 28.3. The van der Waals surface area contributed by atoms with E-state index in [1.807, 2.05) is 0 Å². The first-order chi connectivity index (χ1) is 16.7. The molecule has 1 heterocycles. The number of fused-ring (bicyclic) bond motifs is 1. The molecule has 0 aromatic heterocycles. The second kappa shape index (κ2) is 11.0. The Kier molecular flexibility index (Phi) is 8.67. The molecule has 0 aliphatic carbocycles. The molecule has 0 radical (unpaired) electrons. The number of hydrogen-bond acceptors (Lipinski definition) is 6. The normalized spacial score (nSPS) is 17.7. The molecule has 36 heavy (non-hydrogen) atoms. The molecule has 0 unspecified atom stereocenters. The number of rotatable bonds is 10. The van der Waals surface area contributed by atoms with Crippen LogP contribution in [0.5, 0.6) is 0 Å². The molecule has 2 aromatic carbocycles. The smallest absolute Gasteiger partial charge is 0.245 e. The zero-order valence-corrected chi connectivity index (χ0v) is 23.0. The van der Waals surface area contributed by atoms with Gasteiger partial charge in [0.15, 0.2) is 0 Å². The van der Waals surface area contributed by atoms with Crippen LogP contribution in [0.15, 0.2) is 41.3 Å². The summed E-state index contributed by atoms with van der Waals surface area (Å²) < 4.78 is 53.5. The number of benzene rings is 2. The van der Waals surface area contributed by atoms with Crippen LogP contribution in [0.25, 0.3) is 10.8 Å². The van der Waals surface area contributed by atoms with E-state index >= 15 is 0 Å². The van der Waals surface area contributed by atoms with Gasteiger partial charge in [-0.05, 0) is 62.2 Å². The topological polar surface area (TPSA) is 133 Å². The van der Waals surface area contributed by atoms with Crippen molar-refractivity contribution in [1.82, 2.24) is 19.2 Å². The van der Waals surface area contributed by atoms with Crippen LogP contribution in [0, 0.1) is 0 Å². The zero-order chi connectivity index (χ0) is 26.8. The molecule has 13 heteroatoms. The molecule has 2 atom stereocenters. The Labute approximate surface area is 217 Å². The lowest BCUT2D eigenvalue weighted by Crippen LogP contribution is -2.53. The number of likely N-dealkylation sites (tertiary alicyclic amines) is 1. The fourth-order valence-electron chi connectivity index (χ4n) is 4.16. The van der Waals surface area contributed by atoms with Gasteiger partial charge in [0.25, 0.3) is 0 Å². The van der Waals surface area contributed by atoms with Gasteiger partial charge in [-0.15, -0.1) is 0 Å². The van der Waals surface area contributed by atoms with Crippen LogP contribution in [0.3, 0.4) is 0 Å². The standard InChI is InChI=1S/C23H31ClN4O6S2/c1-15(2)27(12-10-25-35(4,31)32)22(29)16(3)28-11-9-21(23(28)30)26-36(33,34)20-8-6-17-13-19(24)7-5-18(17)14-20/h5-8,13-16,21,25-26H,9-12H2,1-4H3/t16-,21-/m0/s1. The largest absolute Gasteiger partial charge is 0.337 e. The molecule has 2 amide bonds. The van der Waals surface area contributed by atoms with Crippen LogP contribution in [0.1, 0.15) is 27.2 Å². The minimum Gasteiger partial charge on any atom is -0.337 e. The Morgan fingerprint density at radius 3 is 2.39 bits per heavy atom. The van der Waals surface area contributed by atoms with Crippen molar-refractivity contribution in [1.29, 1.82) is 0 Å². The molecule has 1 fully saturated rings. The van der Waals surface area contributed by atoms with Crippen molar-refractivity contribution in [3.05, 3.63) is 41.4 Å². The van der Waals surface area contributed by atoms with Crippen molar-refractivity contribution >= 4 is 54.2 Å². The quantitative estimate of drug-likeness (QED) is 0.454. The van der Waals surface area contributed by atoms with E-state index in [4.69, 9.17) is 11.6 Å². The summed E-state index contributed by atoms with van der Waals surface area (Å²) in [7, 11) is -7.40. The number of nitrogens with zero attached hydrogens (tertiary/aromatic N) is 2. The van der Waals surface area contributed by atoms with Gasteiger partial charge < -0.3 is 9.80 Å². The highest BCUT2D eigenvalue weighted by Gasteiger charge is 2.40. The predicted octanol–water partition coefficient (Wildman–Crippen LogP) is 1.55. The van der Waals surface area contributed by atoms with Crippen molar-refractivity contribution < 1.29 is 26.4 Å². The molecule has 0 saturated carbocycles. The highest BCUT2D eigenvalue weighted by molar-refractivity contribution is 7.89. The molecular weight excluding hydrogens is 528 g/mol. The Morgan fingerprint density at radius 2 is 1.75 bits per heavy atom. The molecule has 10 nitrogen and oxygen atoms in total. The number of halogens is 1. The second-order valence-electron chi connectivity index (χ2n) is 9.12. The van der Waals surface area contributed by atoms with Crippen molar-refractivity contribution in [2.45, 2.75) is 50.2 Å². The fraction of sp³-hybridized carbons (Fsp3) is 0.478. The van der Waals surface area contributed by atoms with Crippen molar-refractivity contribution in [2.75, 3.05) is 25.9 Å². The summed E-state index contributed by atoms with van der Waals surface area (Å²) in [5.41, 5.74) is 0. The third-order valence-electron chi connectivity index (χ3n) is 6.07. The van der Waals surface area contributed by atoms with Crippen LogP contribution >= 0.6 is 11.6 Å². The number of sulfonamides is 2. The second-order valence-corrected chi connectivity index (χ2v) is 13.1. The third-order valence-corrected chi connectivity index (χ3v) is 8.50. The van der Waals surface area contributed by atoms with E-state index in [0.717, 1.165) is 11.6 Å². The van der Waals surface area contributed by atoms with E-state index in [1.165, 1.54) is 21.9 Å². The number of nitrogens with one attached hydrogen (secondary N) is 2. The van der Waals surface area contributed by atoms with E-state index in [2.05, 4.69) is 9.44 Å². The average Bonchev–Trinajstić information content (AvgIpc) is 3.13. The molecule has 3 rings (SSSR count). The highest BCUT2D eigenvalue weighted by atomic mass is 35.5. The molecule has 1 aliphatic rings. The maximum atomic E-state index is 13.1. The van der Waals surface area contributed by atoms with Crippen LogP contribution in [-0.4, -0.2) is 82.5 Å². The SMILES string of the molecule is CC(C)N(CCNS(C)(=O)=O)C(=O)[C@H](C)N1CC[C@H](NS(=O)(=O)c2ccc3cc(Cl)ccc3c2)C1=O. The van der Waals surface area contributed by atoms with E-state index in [1.54, 1.807) is 45.0 Å². The van der Waals surface area contributed by atoms with Crippen LogP contribution in [0.2, 0.25) is 5.02 Å². The Morgan fingerprint density at radius 1 is 1.11 bits per heavy atom. The molecule has 0 spiro atoms. The molecule has 2 aromatic rings. The van der Waals surface area contributed by atoms with E-state index < -0.39 is 38.0 Å².